The fourth-order valence-electron chi connectivity index (χ4n) is 2.20. The van der Waals surface area contributed by atoms with Gasteiger partial charge in [-0.2, -0.15) is 0 Å². The fraction of sp³-hybridized carbons (Fsp3) is 0.273. The lowest BCUT2D eigenvalue weighted by atomic mass is 10.1. The van der Waals surface area contributed by atoms with Gasteiger partial charge in [0.1, 0.15) is 5.37 Å². The van der Waals surface area contributed by atoms with Crippen molar-refractivity contribution in [3.05, 3.63) is 29.1 Å². The van der Waals surface area contributed by atoms with Crippen molar-refractivity contribution in [3.63, 3.8) is 0 Å². The number of nitrogens with zero attached hydrogens (tertiary/aromatic N) is 3. The molecule has 1 fully saturated rings. The molecule has 0 bridgehead atoms. The quantitative estimate of drug-likeness (QED) is 0.571. The van der Waals surface area contributed by atoms with Crippen LogP contribution >= 0.6 is 23.5 Å². The monoisotopic (exact) mass is 263 g/mol. The van der Waals surface area contributed by atoms with E-state index in [1.165, 1.54) is 0 Å². The van der Waals surface area contributed by atoms with Crippen molar-refractivity contribution >= 4 is 35.5 Å². The Labute approximate surface area is 107 Å². The highest BCUT2D eigenvalue weighted by Gasteiger charge is 2.43. The minimum absolute atomic E-state index is 0.108. The normalized spacial score (nSPS) is 27.5. The van der Waals surface area contributed by atoms with Gasteiger partial charge < -0.3 is 4.57 Å². The molecule has 4 nitrogen and oxygen atoms in total. The van der Waals surface area contributed by atoms with E-state index in [4.69, 9.17) is 0 Å². The SMILES string of the molecule is O=C1/C(=C/c2cn3c(n2)SCC3)[C@H]2SC=CN12. The zero-order valence-electron chi connectivity index (χ0n) is 8.87. The first-order chi connectivity index (χ1) is 8.33. The topological polar surface area (TPSA) is 38.1 Å². The van der Waals surface area contributed by atoms with Crippen molar-refractivity contribution in [2.75, 3.05) is 5.75 Å². The number of rotatable bonds is 1. The molecule has 0 aromatic carbocycles. The maximum absolute atomic E-state index is 11.8. The first kappa shape index (κ1) is 9.85. The lowest BCUT2D eigenvalue weighted by Gasteiger charge is -2.35. The molecule has 3 aliphatic rings. The average molecular weight is 263 g/mol. The third kappa shape index (κ3) is 1.34. The summed E-state index contributed by atoms with van der Waals surface area (Å²) in [6, 6.07) is 0. The number of amides is 1. The minimum atomic E-state index is 0.108. The summed E-state index contributed by atoms with van der Waals surface area (Å²) in [5.74, 6) is 1.21. The molecule has 86 valence electrons. The van der Waals surface area contributed by atoms with Crippen molar-refractivity contribution in [1.82, 2.24) is 14.5 Å². The van der Waals surface area contributed by atoms with Crippen molar-refractivity contribution in [1.29, 1.82) is 0 Å². The largest absolute Gasteiger partial charge is 0.325 e. The van der Waals surface area contributed by atoms with E-state index in [1.807, 2.05) is 23.9 Å². The Kier molecular flexibility index (Phi) is 1.99. The smallest absolute Gasteiger partial charge is 0.258 e. The summed E-state index contributed by atoms with van der Waals surface area (Å²) in [4.78, 5) is 18.0. The summed E-state index contributed by atoms with van der Waals surface area (Å²) in [5.41, 5.74) is 1.77. The number of thioether (sulfide) groups is 2. The number of aryl methyl sites for hydroxylation is 1. The Balaban J connectivity index is 1.66. The predicted octanol–water partition coefficient (Wildman–Crippen LogP) is 1.76. The Hall–Kier alpha value is -1.14. The summed E-state index contributed by atoms with van der Waals surface area (Å²) in [7, 11) is 0. The van der Waals surface area contributed by atoms with Gasteiger partial charge in [-0.15, -0.1) is 11.8 Å². The molecule has 1 aromatic rings. The van der Waals surface area contributed by atoms with Crippen LogP contribution in [0.4, 0.5) is 0 Å². The third-order valence-electron chi connectivity index (χ3n) is 3.05. The molecule has 0 radical (unpaired) electrons. The second kappa shape index (κ2) is 3.43. The molecule has 4 rings (SSSR count). The van der Waals surface area contributed by atoms with Gasteiger partial charge in [-0.1, -0.05) is 11.8 Å². The van der Waals surface area contributed by atoms with Crippen LogP contribution in [-0.2, 0) is 11.3 Å². The van der Waals surface area contributed by atoms with Crippen LogP contribution in [0.2, 0.25) is 0 Å². The van der Waals surface area contributed by atoms with E-state index in [9.17, 15) is 4.79 Å². The Morgan fingerprint density at radius 2 is 2.47 bits per heavy atom. The number of hydrogen-bond acceptors (Lipinski definition) is 4. The van der Waals surface area contributed by atoms with Gasteiger partial charge in [0.2, 0.25) is 0 Å². The molecular formula is C11H9N3OS2. The van der Waals surface area contributed by atoms with Crippen LogP contribution in [0, 0.1) is 0 Å². The van der Waals surface area contributed by atoms with Gasteiger partial charge in [-0.05, 0) is 11.5 Å². The number of fused-ring (bicyclic) bond motifs is 2. The van der Waals surface area contributed by atoms with E-state index in [0.29, 0.717) is 0 Å². The minimum Gasteiger partial charge on any atom is -0.325 e. The Morgan fingerprint density at radius 1 is 1.53 bits per heavy atom. The molecule has 1 aromatic heterocycles. The zero-order valence-corrected chi connectivity index (χ0v) is 10.5. The van der Waals surface area contributed by atoms with Gasteiger partial charge in [0.25, 0.3) is 5.91 Å². The van der Waals surface area contributed by atoms with Gasteiger partial charge in [-0.3, -0.25) is 9.69 Å². The molecule has 4 heterocycles. The van der Waals surface area contributed by atoms with E-state index in [1.54, 1.807) is 28.4 Å². The molecule has 0 unspecified atom stereocenters. The maximum Gasteiger partial charge on any atom is 0.258 e. The molecule has 1 amide bonds. The van der Waals surface area contributed by atoms with E-state index in [-0.39, 0.29) is 11.3 Å². The van der Waals surface area contributed by atoms with E-state index in [0.717, 1.165) is 28.7 Å². The van der Waals surface area contributed by atoms with E-state index in [2.05, 4.69) is 9.55 Å². The number of carbonyl (C=O) groups excluding carboxylic acids is 1. The van der Waals surface area contributed by atoms with E-state index >= 15 is 0 Å². The highest BCUT2D eigenvalue weighted by Crippen LogP contribution is 2.41. The number of aromatic nitrogens is 2. The zero-order chi connectivity index (χ0) is 11.4. The van der Waals surface area contributed by atoms with Crippen molar-refractivity contribution in [3.8, 4) is 0 Å². The van der Waals surface area contributed by atoms with Crippen LogP contribution in [-0.4, -0.2) is 31.5 Å². The van der Waals surface area contributed by atoms with Crippen molar-refractivity contribution in [2.45, 2.75) is 17.1 Å². The summed E-state index contributed by atoms with van der Waals surface area (Å²) in [6.45, 7) is 1.02. The number of carbonyl (C=O) groups is 1. The van der Waals surface area contributed by atoms with Crippen LogP contribution in [0.15, 0.2) is 28.5 Å². The van der Waals surface area contributed by atoms with Crippen LogP contribution in [0.3, 0.4) is 0 Å². The van der Waals surface area contributed by atoms with Crippen molar-refractivity contribution < 1.29 is 4.79 Å². The summed E-state index contributed by atoms with van der Waals surface area (Å²) >= 11 is 3.44. The molecule has 0 spiro atoms. The molecule has 6 heteroatoms. The third-order valence-corrected chi connectivity index (χ3v) is 5.04. The van der Waals surface area contributed by atoms with Crippen LogP contribution in [0.5, 0.6) is 0 Å². The standard InChI is InChI=1S/C11H9N3OS2/c15-9-8(10-14(9)2-4-16-10)5-7-6-13-1-3-17-11(13)12-7/h2,4-6,10H,1,3H2/b8-5-/t10-/m1/s1. The lowest BCUT2D eigenvalue weighted by molar-refractivity contribution is -0.130. The number of β-lactam (4-membered cyclic amide) rings is 1. The molecule has 0 N–H and O–H groups in total. The predicted molar refractivity (Wildman–Crippen MR) is 68.3 cm³/mol. The second-order valence-electron chi connectivity index (χ2n) is 4.08. The molecule has 3 aliphatic heterocycles. The Morgan fingerprint density at radius 3 is 3.35 bits per heavy atom. The summed E-state index contributed by atoms with van der Waals surface area (Å²) < 4.78 is 2.15. The highest BCUT2D eigenvalue weighted by molar-refractivity contribution is 8.03. The molecule has 1 saturated heterocycles. The van der Waals surface area contributed by atoms with Crippen LogP contribution in [0.25, 0.3) is 6.08 Å². The van der Waals surface area contributed by atoms with Crippen LogP contribution < -0.4 is 0 Å². The van der Waals surface area contributed by atoms with Gasteiger partial charge >= 0.3 is 0 Å². The van der Waals surface area contributed by atoms with Gasteiger partial charge in [-0.25, -0.2) is 4.98 Å². The van der Waals surface area contributed by atoms with Crippen molar-refractivity contribution in [2.24, 2.45) is 0 Å². The number of hydrogen-bond donors (Lipinski definition) is 0. The lowest BCUT2D eigenvalue weighted by Crippen LogP contribution is -2.47. The molecule has 17 heavy (non-hydrogen) atoms. The molecule has 0 saturated carbocycles. The maximum atomic E-state index is 11.8. The average Bonchev–Trinajstić information content (AvgIpc) is 2.99. The van der Waals surface area contributed by atoms with Crippen LogP contribution in [0.1, 0.15) is 5.69 Å². The van der Waals surface area contributed by atoms with E-state index < -0.39 is 0 Å². The highest BCUT2D eigenvalue weighted by atomic mass is 32.2. The molecular weight excluding hydrogens is 254 g/mol. The van der Waals surface area contributed by atoms with Gasteiger partial charge in [0, 0.05) is 24.7 Å². The number of imidazole rings is 1. The van der Waals surface area contributed by atoms with Gasteiger partial charge in [0.15, 0.2) is 5.16 Å². The first-order valence-electron chi connectivity index (χ1n) is 5.39. The molecule has 0 aliphatic carbocycles. The second-order valence-corrected chi connectivity index (χ2v) is 6.13. The fourth-order valence-corrected chi connectivity index (χ4v) is 4.11. The first-order valence-corrected chi connectivity index (χ1v) is 7.32. The Bertz CT molecular complexity index is 554. The molecule has 1 atom stereocenters. The summed E-state index contributed by atoms with van der Waals surface area (Å²) in [6.07, 6.45) is 5.80. The summed E-state index contributed by atoms with van der Waals surface area (Å²) in [5, 5.41) is 3.22. The van der Waals surface area contributed by atoms with Gasteiger partial charge in [0.05, 0.1) is 11.3 Å².